The highest BCUT2D eigenvalue weighted by atomic mass is 35.5. The minimum atomic E-state index is -0.0801. The SMILES string of the molecule is Cc1nn(C)c(CC(=O)c2ccc(Cl)c(Cl)c2)c1Cl. The average molecular weight is 318 g/mol. The Morgan fingerprint density at radius 2 is 1.95 bits per heavy atom. The van der Waals surface area contributed by atoms with Crippen molar-refractivity contribution in [1.29, 1.82) is 0 Å². The molecule has 1 heterocycles. The summed E-state index contributed by atoms with van der Waals surface area (Å²) in [5.74, 6) is -0.0801. The second-order valence-electron chi connectivity index (χ2n) is 4.20. The zero-order valence-corrected chi connectivity index (χ0v) is 12.6. The number of ketones is 1. The van der Waals surface area contributed by atoms with Gasteiger partial charge >= 0.3 is 0 Å². The van der Waals surface area contributed by atoms with E-state index < -0.39 is 0 Å². The molecule has 0 radical (unpaired) electrons. The molecule has 0 N–H and O–H groups in total. The summed E-state index contributed by atoms with van der Waals surface area (Å²) in [4.78, 5) is 12.2. The van der Waals surface area contributed by atoms with Crippen LogP contribution in [0.2, 0.25) is 15.1 Å². The third-order valence-corrected chi connectivity index (χ3v) is 4.06. The fraction of sp³-hybridized carbons (Fsp3) is 0.231. The number of nitrogens with zero attached hydrogens (tertiary/aromatic N) is 2. The van der Waals surface area contributed by atoms with Crippen LogP contribution in [0, 0.1) is 6.92 Å². The van der Waals surface area contributed by atoms with E-state index in [0.29, 0.717) is 32.0 Å². The highest BCUT2D eigenvalue weighted by molar-refractivity contribution is 6.42. The predicted octanol–water partition coefficient (Wildman–Crippen LogP) is 4.11. The quantitative estimate of drug-likeness (QED) is 0.798. The summed E-state index contributed by atoms with van der Waals surface area (Å²) >= 11 is 17.8. The lowest BCUT2D eigenvalue weighted by atomic mass is 10.1. The number of benzene rings is 1. The second-order valence-corrected chi connectivity index (χ2v) is 5.39. The van der Waals surface area contributed by atoms with Gasteiger partial charge in [0.1, 0.15) is 0 Å². The number of hydrogen-bond donors (Lipinski definition) is 0. The van der Waals surface area contributed by atoms with Crippen molar-refractivity contribution in [3.63, 3.8) is 0 Å². The number of carbonyl (C=O) groups is 1. The normalized spacial score (nSPS) is 10.8. The van der Waals surface area contributed by atoms with Crippen molar-refractivity contribution < 1.29 is 4.79 Å². The molecule has 0 bridgehead atoms. The van der Waals surface area contributed by atoms with Gasteiger partial charge in [-0.25, -0.2) is 0 Å². The molecule has 1 aromatic heterocycles. The highest BCUT2D eigenvalue weighted by Crippen LogP contribution is 2.25. The Balaban J connectivity index is 2.28. The zero-order valence-electron chi connectivity index (χ0n) is 10.4. The number of carbonyl (C=O) groups excluding carboxylic acids is 1. The molecule has 0 aliphatic carbocycles. The molecular weight excluding hydrogens is 307 g/mol. The van der Waals surface area contributed by atoms with Crippen molar-refractivity contribution in [3.8, 4) is 0 Å². The van der Waals surface area contributed by atoms with Gasteiger partial charge in [0.2, 0.25) is 0 Å². The van der Waals surface area contributed by atoms with Crippen LogP contribution in [-0.4, -0.2) is 15.6 Å². The van der Waals surface area contributed by atoms with Crippen LogP contribution in [0.25, 0.3) is 0 Å². The van der Waals surface area contributed by atoms with Crippen molar-refractivity contribution in [3.05, 3.63) is 50.2 Å². The highest BCUT2D eigenvalue weighted by Gasteiger charge is 2.16. The molecule has 0 spiro atoms. The number of aryl methyl sites for hydroxylation is 2. The first-order chi connectivity index (χ1) is 8.90. The molecule has 2 aromatic rings. The summed E-state index contributed by atoms with van der Waals surface area (Å²) < 4.78 is 1.62. The summed E-state index contributed by atoms with van der Waals surface area (Å²) in [6, 6.07) is 4.81. The lowest BCUT2D eigenvalue weighted by Gasteiger charge is -2.04. The van der Waals surface area contributed by atoms with Crippen LogP contribution < -0.4 is 0 Å². The molecule has 0 amide bonds. The maximum Gasteiger partial charge on any atom is 0.168 e. The van der Waals surface area contributed by atoms with Crippen LogP contribution in [0.4, 0.5) is 0 Å². The molecule has 0 unspecified atom stereocenters. The summed E-state index contributed by atoms with van der Waals surface area (Å²) in [6.45, 7) is 1.80. The minimum Gasteiger partial charge on any atom is -0.294 e. The van der Waals surface area contributed by atoms with E-state index in [1.807, 2.05) is 0 Å². The summed E-state index contributed by atoms with van der Waals surface area (Å²) in [7, 11) is 1.76. The van der Waals surface area contributed by atoms with Gasteiger partial charge in [-0.1, -0.05) is 34.8 Å². The molecule has 100 valence electrons. The third-order valence-electron chi connectivity index (χ3n) is 2.83. The molecule has 0 atom stereocenters. The van der Waals surface area contributed by atoms with Gasteiger partial charge < -0.3 is 0 Å². The third kappa shape index (κ3) is 2.94. The molecule has 6 heteroatoms. The van der Waals surface area contributed by atoms with Crippen molar-refractivity contribution in [2.24, 2.45) is 7.05 Å². The molecular formula is C13H11Cl3N2O. The summed E-state index contributed by atoms with van der Waals surface area (Å²) in [6.07, 6.45) is 0.175. The standard InChI is InChI=1S/C13H11Cl3N2O/c1-7-13(16)11(18(2)17-7)6-12(19)8-3-4-9(14)10(15)5-8/h3-5H,6H2,1-2H3. The van der Waals surface area contributed by atoms with Crippen LogP contribution in [0.5, 0.6) is 0 Å². The Labute approximate surface area is 126 Å². The van der Waals surface area contributed by atoms with E-state index in [0.717, 1.165) is 0 Å². The van der Waals surface area contributed by atoms with E-state index in [1.54, 1.807) is 36.9 Å². The number of hydrogen-bond acceptors (Lipinski definition) is 2. The van der Waals surface area contributed by atoms with Gasteiger partial charge in [-0.2, -0.15) is 5.10 Å². The summed E-state index contributed by atoms with van der Waals surface area (Å²) in [5.41, 5.74) is 1.90. The smallest absolute Gasteiger partial charge is 0.168 e. The van der Waals surface area contributed by atoms with E-state index >= 15 is 0 Å². The van der Waals surface area contributed by atoms with E-state index in [4.69, 9.17) is 34.8 Å². The average Bonchev–Trinajstić information content (AvgIpc) is 2.59. The lowest BCUT2D eigenvalue weighted by Crippen LogP contribution is -2.08. The van der Waals surface area contributed by atoms with Gasteiger partial charge in [0, 0.05) is 12.6 Å². The van der Waals surface area contributed by atoms with Gasteiger partial charge in [0.25, 0.3) is 0 Å². The van der Waals surface area contributed by atoms with Gasteiger partial charge in [-0.15, -0.1) is 0 Å². The fourth-order valence-electron chi connectivity index (χ4n) is 1.80. The van der Waals surface area contributed by atoms with Crippen molar-refractivity contribution in [2.45, 2.75) is 13.3 Å². The van der Waals surface area contributed by atoms with Gasteiger partial charge in [0.05, 0.1) is 32.9 Å². The molecule has 0 saturated carbocycles. The molecule has 0 aliphatic rings. The Hall–Kier alpha value is -1.03. The first-order valence-electron chi connectivity index (χ1n) is 5.56. The van der Waals surface area contributed by atoms with E-state index in [-0.39, 0.29) is 12.2 Å². The largest absolute Gasteiger partial charge is 0.294 e. The number of halogens is 3. The zero-order chi connectivity index (χ0) is 14.2. The number of aromatic nitrogens is 2. The van der Waals surface area contributed by atoms with Crippen LogP contribution in [0.3, 0.4) is 0 Å². The van der Waals surface area contributed by atoms with Gasteiger partial charge in [0.15, 0.2) is 5.78 Å². The Bertz CT molecular complexity index is 650. The van der Waals surface area contributed by atoms with Crippen LogP contribution in [0.1, 0.15) is 21.7 Å². The van der Waals surface area contributed by atoms with Crippen molar-refractivity contribution in [1.82, 2.24) is 9.78 Å². The van der Waals surface area contributed by atoms with E-state index in [9.17, 15) is 4.79 Å². The Morgan fingerprint density at radius 3 is 2.47 bits per heavy atom. The fourth-order valence-corrected chi connectivity index (χ4v) is 2.32. The monoisotopic (exact) mass is 316 g/mol. The number of Topliss-reactive ketones (excluding diaryl/α,β-unsaturated/α-hetero) is 1. The van der Waals surface area contributed by atoms with Crippen LogP contribution in [-0.2, 0) is 13.5 Å². The molecule has 19 heavy (non-hydrogen) atoms. The number of rotatable bonds is 3. The van der Waals surface area contributed by atoms with Crippen molar-refractivity contribution in [2.75, 3.05) is 0 Å². The molecule has 3 nitrogen and oxygen atoms in total. The van der Waals surface area contributed by atoms with Crippen LogP contribution in [0.15, 0.2) is 18.2 Å². The minimum absolute atomic E-state index is 0.0801. The Morgan fingerprint density at radius 1 is 1.26 bits per heavy atom. The first kappa shape index (κ1) is 14.4. The molecule has 1 aromatic carbocycles. The van der Waals surface area contributed by atoms with E-state index in [1.165, 1.54) is 0 Å². The summed E-state index contributed by atoms with van der Waals surface area (Å²) in [5, 5.41) is 5.48. The molecule has 2 rings (SSSR count). The topological polar surface area (TPSA) is 34.9 Å². The lowest BCUT2D eigenvalue weighted by molar-refractivity contribution is 0.0991. The van der Waals surface area contributed by atoms with Gasteiger partial charge in [-0.05, 0) is 25.1 Å². The molecule has 0 fully saturated rings. The molecule has 0 saturated heterocycles. The van der Waals surface area contributed by atoms with E-state index in [2.05, 4.69) is 5.10 Å². The van der Waals surface area contributed by atoms with Crippen molar-refractivity contribution >= 4 is 40.6 Å². The predicted molar refractivity (Wildman–Crippen MR) is 77.5 cm³/mol. The van der Waals surface area contributed by atoms with Crippen LogP contribution >= 0.6 is 34.8 Å². The Kier molecular flexibility index (Phi) is 4.19. The first-order valence-corrected chi connectivity index (χ1v) is 6.69. The maximum absolute atomic E-state index is 12.2. The van der Waals surface area contributed by atoms with Gasteiger partial charge in [-0.3, -0.25) is 9.48 Å². The second kappa shape index (κ2) is 5.53. The maximum atomic E-state index is 12.2. The molecule has 0 aliphatic heterocycles.